The van der Waals surface area contributed by atoms with E-state index >= 15 is 0 Å². The van der Waals surface area contributed by atoms with Crippen LogP contribution in [0.4, 0.5) is 0 Å². The minimum atomic E-state index is -0.0416. The molecule has 25 heavy (non-hydrogen) atoms. The minimum absolute atomic E-state index is 0. The van der Waals surface area contributed by atoms with Crippen LogP contribution in [0.15, 0.2) is 47.6 Å². The van der Waals surface area contributed by atoms with E-state index in [0.717, 1.165) is 24.0 Å². The van der Waals surface area contributed by atoms with Crippen LogP contribution in [0.3, 0.4) is 0 Å². The Hall–Kier alpha value is -1.90. The smallest absolute Gasteiger partial charge is 0.193 e. The number of rotatable bonds is 4. The lowest BCUT2D eigenvalue weighted by atomic mass is 10.2. The van der Waals surface area contributed by atoms with Gasteiger partial charge in [0, 0.05) is 33.0 Å². The quantitative estimate of drug-likeness (QED) is 0.437. The number of hydrogen-bond donors (Lipinski definition) is 1. The Morgan fingerprint density at radius 1 is 1.28 bits per heavy atom. The molecular weight excluding hydrogens is 431 g/mol. The molecule has 7 heteroatoms. The number of hydrogen-bond acceptors (Lipinski definition) is 3. The lowest BCUT2D eigenvalue weighted by Gasteiger charge is -2.28. The van der Waals surface area contributed by atoms with Gasteiger partial charge >= 0.3 is 0 Å². The molecule has 1 N–H and O–H groups in total. The normalized spacial score (nSPS) is 16.1. The summed E-state index contributed by atoms with van der Waals surface area (Å²) in [6.45, 7) is 1.95. The Kier molecular flexibility index (Phi) is 6.98. The van der Waals surface area contributed by atoms with Crippen molar-refractivity contribution in [2.75, 3.05) is 27.2 Å². The first-order chi connectivity index (χ1) is 11.7. The van der Waals surface area contributed by atoms with Gasteiger partial charge in [0.1, 0.15) is 12.7 Å². The van der Waals surface area contributed by atoms with Crippen LogP contribution in [0.2, 0.25) is 0 Å². The van der Waals surface area contributed by atoms with Crippen molar-refractivity contribution >= 4 is 29.9 Å². The molecule has 0 bridgehead atoms. The zero-order valence-corrected chi connectivity index (χ0v) is 17.1. The summed E-state index contributed by atoms with van der Waals surface area (Å²) >= 11 is 0. The summed E-state index contributed by atoms with van der Waals surface area (Å²) < 4.78 is 13.8. The largest absolute Gasteiger partial charge is 0.486 e. The zero-order valence-electron chi connectivity index (χ0n) is 14.8. The topological polar surface area (TPSA) is 51.0 Å². The number of aromatic nitrogens is 1. The molecule has 0 spiro atoms. The van der Waals surface area contributed by atoms with Crippen LogP contribution < -0.4 is 14.8 Å². The second-order valence-electron chi connectivity index (χ2n) is 5.89. The van der Waals surface area contributed by atoms with E-state index < -0.39 is 0 Å². The summed E-state index contributed by atoms with van der Waals surface area (Å²) in [4.78, 5) is 6.44. The number of halogens is 1. The second kappa shape index (κ2) is 8.98. The van der Waals surface area contributed by atoms with Crippen LogP contribution in [0.5, 0.6) is 11.5 Å². The van der Waals surface area contributed by atoms with E-state index in [4.69, 9.17) is 9.47 Å². The van der Waals surface area contributed by atoms with Crippen molar-refractivity contribution in [1.82, 2.24) is 14.8 Å². The molecule has 1 atom stereocenters. The van der Waals surface area contributed by atoms with Crippen molar-refractivity contribution in [3.63, 3.8) is 0 Å². The number of aryl methyl sites for hydroxylation is 1. The fourth-order valence-corrected chi connectivity index (χ4v) is 2.73. The molecule has 2 heterocycles. The molecule has 1 unspecified atom stereocenters. The average Bonchev–Trinajstić information content (AvgIpc) is 3.00. The molecule has 1 aromatic heterocycles. The highest BCUT2D eigenvalue weighted by atomic mass is 127. The molecule has 0 saturated heterocycles. The predicted octanol–water partition coefficient (Wildman–Crippen LogP) is 2.49. The number of nitrogens with zero attached hydrogens (tertiary/aromatic N) is 3. The molecule has 0 radical (unpaired) electrons. The lowest BCUT2D eigenvalue weighted by Crippen LogP contribution is -2.45. The maximum absolute atomic E-state index is 5.97. The number of nitrogens with one attached hydrogen (secondary N) is 1. The van der Waals surface area contributed by atoms with Gasteiger partial charge in [-0.3, -0.25) is 4.99 Å². The standard InChI is InChI=1S/C18H24N4O2.HI/c1-19-18(22(3)12-14-7-6-10-21(14)2)20-11-15-13-23-16-8-4-5-9-17(16)24-15;/h4-10,15H,11-13H2,1-3H3,(H,19,20);1H. The molecule has 3 rings (SSSR count). The van der Waals surface area contributed by atoms with E-state index in [-0.39, 0.29) is 30.1 Å². The maximum atomic E-state index is 5.97. The van der Waals surface area contributed by atoms with Gasteiger partial charge in [0.25, 0.3) is 0 Å². The van der Waals surface area contributed by atoms with Gasteiger partial charge in [0.15, 0.2) is 17.5 Å². The van der Waals surface area contributed by atoms with E-state index in [9.17, 15) is 0 Å². The monoisotopic (exact) mass is 456 g/mol. The Morgan fingerprint density at radius 3 is 2.72 bits per heavy atom. The molecule has 136 valence electrons. The molecule has 1 aromatic carbocycles. The highest BCUT2D eigenvalue weighted by molar-refractivity contribution is 14.0. The molecular formula is C18H25IN4O2. The third-order valence-corrected chi connectivity index (χ3v) is 4.08. The number of ether oxygens (including phenoxy) is 2. The van der Waals surface area contributed by atoms with Crippen molar-refractivity contribution in [2.45, 2.75) is 12.6 Å². The number of fused-ring (bicyclic) bond motifs is 1. The van der Waals surface area contributed by atoms with Crippen molar-refractivity contribution in [3.8, 4) is 11.5 Å². The molecule has 1 aliphatic heterocycles. The molecule has 1 aliphatic rings. The van der Waals surface area contributed by atoms with Crippen LogP contribution in [-0.2, 0) is 13.6 Å². The van der Waals surface area contributed by atoms with Gasteiger partial charge in [0.2, 0.25) is 0 Å². The van der Waals surface area contributed by atoms with E-state index in [2.05, 4.69) is 25.8 Å². The fraction of sp³-hybridized carbons (Fsp3) is 0.389. The maximum Gasteiger partial charge on any atom is 0.193 e. The lowest BCUT2D eigenvalue weighted by molar-refractivity contribution is 0.0931. The molecule has 0 saturated carbocycles. The van der Waals surface area contributed by atoms with Gasteiger partial charge in [-0.25, -0.2) is 0 Å². The Labute approximate surface area is 165 Å². The Bertz CT molecular complexity index is 717. The summed E-state index contributed by atoms with van der Waals surface area (Å²) in [5.74, 6) is 2.43. The van der Waals surface area contributed by atoms with Crippen molar-refractivity contribution < 1.29 is 9.47 Å². The highest BCUT2D eigenvalue weighted by Gasteiger charge is 2.21. The second-order valence-corrected chi connectivity index (χ2v) is 5.89. The van der Waals surface area contributed by atoms with Crippen LogP contribution in [0, 0.1) is 0 Å². The molecule has 0 aliphatic carbocycles. The van der Waals surface area contributed by atoms with Gasteiger partial charge in [-0.05, 0) is 24.3 Å². The highest BCUT2D eigenvalue weighted by Crippen LogP contribution is 2.30. The molecule has 6 nitrogen and oxygen atoms in total. The minimum Gasteiger partial charge on any atom is -0.486 e. The van der Waals surface area contributed by atoms with E-state index in [1.54, 1.807) is 7.05 Å². The Balaban J connectivity index is 0.00000225. The first-order valence-electron chi connectivity index (χ1n) is 8.08. The van der Waals surface area contributed by atoms with Crippen LogP contribution in [0.25, 0.3) is 0 Å². The summed E-state index contributed by atoms with van der Waals surface area (Å²) in [6, 6.07) is 11.9. The zero-order chi connectivity index (χ0) is 16.9. The van der Waals surface area contributed by atoms with Gasteiger partial charge in [-0.1, -0.05) is 12.1 Å². The van der Waals surface area contributed by atoms with Crippen LogP contribution in [0.1, 0.15) is 5.69 Å². The van der Waals surface area contributed by atoms with Gasteiger partial charge in [-0.2, -0.15) is 0 Å². The number of para-hydroxylation sites is 2. The first kappa shape index (κ1) is 19.4. The number of benzene rings is 1. The van der Waals surface area contributed by atoms with Crippen molar-refractivity contribution in [1.29, 1.82) is 0 Å². The van der Waals surface area contributed by atoms with Crippen molar-refractivity contribution in [3.05, 3.63) is 48.3 Å². The van der Waals surface area contributed by atoms with Gasteiger partial charge in [0.05, 0.1) is 13.1 Å². The first-order valence-corrected chi connectivity index (χ1v) is 8.08. The fourth-order valence-electron chi connectivity index (χ4n) is 2.73. The SMILES string of the molecule is CN=C(NCC1COc2ccccc2O1)N(C)Cc1cccn1C.I. The summed E-state index contributed by atoms with van der Waals surface area (Å²) in [7, 11) is 5.86. The summed E-state index contributed by atoms with van der Waals surface area (Å²) in [5.41, 5.74) is 1.23. The molecule has 0 amide bonds. The summed E-state index contributed by atoms with van der Waals surface area (Å²) in [6.07, 6.45) is 2.00. The van der Waals surface area contributed by atoms with Crippen molar-refractivity contribution in [2.24, 2.45) is 12.0 Å². The Morgan fingerprint density at radius 2 is 2.04 bits per heavy atom. The van der Waals surface area contributed by atoms with Gasteiger partial charge < -0.3 is 24.3 Å². The number of guanidine groups is 1. The third-order valence-electron chi connectivity index (χ3n) is 4.08. The summed E-state index contributed by atoms with van der Waals surface area (Å²) in [5, 5.41) is 3.36. The van der Waals surface area contributed by atoms with Gasteiger partial charge in [-0.15, -0.1) is 24.0 Å². The molecule has 2 aromatic rings. The predicted molar refractivity (Wildman–Crippen MR) is 110 cm³/mol. The van der Waals surface area contributed by atoms with Crippen LogP contribution in [-0.4, -0.2) is 48.8 Å². The van der Waals surface area contributed by atoms with E-state index in [0.29, 0.717) is 13.2 Å². The molecule has 0 fully saturated rings. The third kappa shape index (κ3) is 4.81. The van der Waals surface area contributed by atoms with E-state index in [1.165, 1.54) is 5.69 Å². The average molecular weight is 456 g/mol. The number of aliphatic imine (C=N–C) groups is 1. The van der Waals surface area contributed by atoms with Crippen LogP contribution >= 0.6 is 24.0 Å². The van der Waals surface area contributed by atoms with E-state index in [1.807, 2.05) is 50.6 Å².